The fourth-order valence-electron chi connectivity index (χ4n) is 2.69. The van der Waals surface area contributed by atoms with Gasteiger partial charge in [0.2, 0.25) is 0 Å². The molecule has 2 fully saturated rings. The van der Waals surface area contributed by atoms with E-state index >= 15 is 0 Å². The third kappa shape index (κ3) is 1.17. The van der Waals surface area contributed by atoms with Gasteiger partial charge in [0.25, 0.3) is 0 Å². The predicted octanol–water partition coefficient (Wildman–Crippen LogP) is 2.29. The zero-order valence-electron chi connectivity index (χ0n) is 8.09. The molecule has 1 spiro atoms. The van der Waals surface area contributed by atoms with E-state index in [0.717, 1.165) is 13.1 Å². The second kappa shape index (κ2) is 2.80. The third-order valence-corrected chi connectivity index (χ3v) is 3.71. The molecule has 1 saturated carbocycles. The molecule has 1 atom stereocenters. The first-order valence-corrected chi connectivity index (χ1v) is 5.26. The lowest BCUT2D eigenvalue weighted by molar-refractivity contribution is 0.499. The fraction of sp³-hybridized carbons (Fsp3) is 0.500. The van der Waals surface area contributed by atoms with Crippen molar-refractivity contribution in [2.75, 3.05) is 13.1 Å². The Morgan fingerprint density at radius 1 is 1.36 bits per heavy atom. The summed E-state index contributed by atoms with van der Waals surface area (Å²) in [4.78, 5) is 0. The zero-order valence-corrected chi connectivity index (χ0v) is 8.09. The van der Waals surface area contributed by atoms with Crippen LogP contribution in [0, 0.1) is 11.2 Å². The van der Waals surface area contributed by atoms with E-state index in [1.807, 2.05) is 6.07 Å². The van der Waals surface area contributed by atoms with E-state index in [4.69, 9.17) is 0 Å². The summed E-state index contributed by atoms with van der Waals surface area (Å²) in [6, 6.07) is 7.09. The molecule has 2 aliphatic rings. The molecule has 2 heteroatoms. The third-order valence-electron chi connectivity index (χ3n) is 3.71. The molecule has 1 aromatic carbocycles. The van der Waals surface area contributed by atoms with Crippen molar-refractivity contribution in [3.63, 3.8) is 0 Å². The normalized spacial score (nSPS) is 28.2. The van der Waals surface area contributed by atoms with Crippen LogP contribution in [0.2, 0.25) is 0 Å². The lowest BCUT2D eigenvalue weighted by Gasteiger charge is -2.17. The Labute approximate surface area is 83.3 Å². The molecule has 0 unspecified atom stereocenters. The minimum absolute atomic E-state index is 0.106. The second-order valence-electron chi connectivity index (χ2n) is 4.60. The predicted molar refractivity (Wildman–Crippen MR) is 53.7 cm³/mol. The number of benzene rings is 1. The summed E-state index contributed by atoms with van der Waals surface area (Å²) in [5, 5.41) is 3.42. The first kappa shape index (κ1) is 8.42. The van der Waals surface area contributed by atoms with Gasteiger partial charge in [-0.2, -0.15) is 0 Å². The summed E-state index contributed by atoms with van der Waals surface area (Å²) in [5.41, 5.74) is 1.65. The van der Waals surface area contributed by atoms with Crippen LogP contribution < -0.4 is 5.32 Å². The van der Waals surface area contributed by atoms with Crippen molar-refractivity contribution in [2.24, 2.45) is 5.41 Å². The maximum absolute atomic E-state index is 13.1. The number of nitrogens with one attached hydrogen (secondary N) is 1. The Kier molecular flexibility index (Phi) is 1.68. The van der Waals surface area contributed by atoms with Gasteiger partial charge in [0, 0.05) is 19.0 Å². The SMILES string of the molecule is Fc1cccc([C@H]2CNCC23CC3)c1. The molecule has 1 aliphatic carbocycles. The van der Waals surface area contributed by atoms with Crippen molar-refractivity contribution in [1.29, 1.82) is 0 Å². The van der Waals surface area contributed by atoms with Gasteiger partial charge in [0.05, 0.1) is 0 Å². The van der Waals surface area contributed by atoms with Gasteiger partial charge in [-0.05, 0) is 36.0 Å². The van der Waals surface area contributed by atoms with Crippen LogP contribution in [-0.4, -0.2) is 13.1 Å². The Morgan fingerprint density at radius 3 is 2.93 bits per heavy atom. The molecule has 74 valence electrons. The molecule has 1 aromatic rings. The van der Waals surface area contributed by atoms with Crippen LogP contribution in [0.1, 0.15) is 24.3 Å². The van der Waals surface area contributed by atoms with Gasteiger partial charge in [-0.3, -0.25) is 0 Å². The van der Waals surface area contributed by atoms with Gasteiger partial charge >= 0.3 is 0 Å². The Bertz CT molecular complexity index is 357. The van der Waals surface area contributed by atoms with E-state index in [1.165, 1.54) is 24.5 Å². The van der Waals surface area contributed by atoms with E-state index in [-0.39, 0.29) is 5.82 Å². The van der Waals surface area contributed by atoms with Crippen molar-refractivity contribution >= 4 is 0 Å². The van der Waals surface area contributed by atoms with Crippen LogP contribution in [0.15, 0.2) is 24.3 Å². The van der Waals surface area contributed by atoms with Crippen LogP contribution in [-0.2, 0) is 0 Å². The van der Waals surface area contributed by atoms with Crippen LogP contribution >= 0.6 is 0 Å². The minimum Gasteiger partial charge on any atom is -0.316 e. The number of hydrogen-bond donors (Lipinski definition) is 1. The highest BCUT2D eigenvalue weighted by Gasteiger charge is 2.52. The van der Waals surface area contributed by atoms with Gasteiger partial charge in [0.1, 0.15) is 5.82 Å². The first-order chi connectivity index (χ1) is 6.80. The second-order valence-corrected chi connectivity index (χ2v) is 4.60. The van der Waals surface area contributed by atoms with Crippen molar-refractivity contribution in [2.45, 2.75) is 18.8 Å². The van der Waals surface area contributed by atoms with E-state index < -0.39 is 0 Å². The standard InChI is InChI=1S/C12H14FN/c13-10-3-1-2-9(6-10)11-7-14-8-12(11)4-5-12/h1-3,6,11,14H,4-5,7-8H2/t11-/m1/s1. The Hall–Kier alpha value is -0.890. The van der Waals surface area contributed by atoms with Gasteiger partial charge in [-0.1, -0.05) is 12.1 Å². The summed E-state index contributed by atoms with van der Waals surface area (Å²) in [6.07, 6.45) is 2.61. The Balaban J connectivity index is 1.95. The van der Waals surface area contributed by atoms with Crippen LogP contribution in [0.25, 0.3) is 0 Å². The lowest BCUT2D eigenvalue weighted by atomic mass is 9.86. The molecule has 0 aromatic heterocycles. The summed E-state index contributed by atoms with van der Waals surface area (Å²) >= 11 is 0. The van der Waals surface area contributed by atoms with E-state index in [9.17, 15) is 4.39 Å². The van der Waals surface area contributed by atoms with Crippen molar-refractivity contribution in [3.8, 4) is 0 Å². The highest BCUT2D eigenvalue weighted by atomic mass is 19.1. The summed E-state index contributed by atoms with van der Waals surface area (Å²) < 4.78 is 13.1. The lowest BCUT2D eigenvalue weighted by Crippen LogP contribution is -2.11. The molecular weight excluding hydrogens is 177 g/mol. The van der Waals surface area contributed by atoms with Gasteiger partial charge < -0.3 is 5.32 Å². The van der Waals surface area contributed by atoms with Gasteiger partial charge in [0.15, 0.2) is 0 Å². The number of halogens is 1. The number of hydrogen-bond acceptors (Lipinski definition) is 1. The van der Waals surface area contributed by atoms with Crippen molar-refractivity contribution in [1.82, 2.24) is 5.32 Å². The number of rotatable bonds is 1. The monoisotopic (exact) mass is 191 g/mol. The van der Waals surface area contributed by atoms with E-state index in [1.54, 1.807) is 6.07 Å². The topological polar surface area (TPSA) is 12.0 Å². The minimum atomic E-state index is -0.106. The molecule has 3 rings (SSSR count). The van der Waals surface area contributed by atoms with Gasteiger partial charge in [-0.15, -0.1) is 0 Å². The molecule has 0 amide bonds. The molecule has 14 heavy (non-hydrogen) atoms. The molecule has 1 N–H and O–H groups in total. The van der Waals surface area contributed by atoms with E-state index in [0.29, 0.717) is 11.3 Å². The van der Waals surface area contributed by atoms with Crippen molar-refractivity contribution in [3.05, 3.63) is 35.6 Å². The zero-order chi connectivity index (χ0) is 9.60. The maximum Gasteiger partial charge on any atom is 0.123 e. The summed E-state index contributed by atoms with van der Waals surface area (Å²) in [7, 11) is 0. The molecular formula is C12H14FN. The molecule has 1 nitrogen and oxygen atoms in total. The average Bonchev–Trinajstić information content (AvgIpc) is 2.78. The smallest absolute Gasteiger partial charge is 0.123 e. The highest BCUT2D eigenvalue weighted by Crippen LogP contribution is 2.57. The van der Waals surface area contributed by atoms with E-state index in [2.05, 4.69) is 11.4 Å². The maximum atomic E-state index is 13.1. The summed E-state index contributed by atoms with van der Waals surface area (Å²) in [6.45, 7) is 2.14. The highest BCUT2D eigenvalue weighted by molar-refractivity contribution is 5.28. The molecule has 1 heterocycles. The first-order valence-electron chi connectivity index (χ1n) is 5.26. The molecule has 0 radical (unpaired) electrons. The molecule has 1 saturated heterocycles. The average molecular weight is 191 g/mol. The van der Waals surface area contributed by atoms with Crippen LogP contribution in [0.3, 0.4) is 0 Å². The Morgan fingerprint density at radius 2 is 2.21 bits per heavy atom. The van der Waals surface area contributed by atoms with Crippen LogP contribution in [0.5, 0.6) is 0 Å². The molecule has 1 aliphatic heterocycles. The van der Waals surface area contributed by atoms with Crippen LogP contribution in [0.4, 0.5) is 4.39 Å². The quantitative estimate of drug-likeness (QED) is 0.718. The van der Waals surface area contributed by atoms with Crippen molar-refractivity contribution < 1.29 is 4.39 Å². The molecule has 0 bridgehead atoms. The van der Waals surface area contributed by atoms with Gasteiger partial charge in [-0.25, -0.2) is 4.39 Å². The summed E-state index contributed by atoms with van der Waals surface area (Å²) in [5.74, 6) is 0.434. The fourth-order valence-corrected chi connectivity index (χ4v) is 2.69. The largest absolute Gasteiger partial charge is 0.316 e.